The molecule has 0 saturated carbocycles. The Labute approximate surface area is 60.6 Å². The molecular formula is C6H12N3O. The molecule has 1 aliphatic rings. The fourth-order valence-electron chi connectivity index (χ4n) is 0.998. The Kier molecular flexibility index (Phi) is 2.50. The number of nitrogens with zero attached hydrogens (tertiary/aromatic N) is 2. The standard InChI is InChI=1S/C6H12N3O/c1-7-6(10)9-4-2-8-3-5-9/h8H,2-5H2,1H3. The van der Waals surface area contributed by atoms with E-state index in [4.69, 9.17) is 0 Å². The first kappa shape index (κ1) is 7.34. The quantitative estimate of drug-likeness (QED) is 0.483. The molecule has 0 aliphatic carbocycles. The third kappa shape index (κ3) is 1.60. The highest BCUT2D eigenvalue weighted by Gasteiger charge is 2.14. The number of piperazine rings is 1. The summed E-state index contributed by atoms with van der Waals surface area (Å²) in [5.41, 5.74) is 0. The van der Waals surface area contributed by atoms with Crippen LogP contribution in [0.3, 0.4) is 0 Å². The van der Waals surface area contributed by atoms with Crippen molar-refractivity contribution in [2.24, 2.45) is 0 Å². The average Bonchev–Trinajstić information content (AvgIpc) is 2.05. The van der Waals surface area contributed by atoms with E-state index in [1.165, 1.54) is 7.05 Å². The molecule has 0 aromatic rings. The van der Waals surface area contributed by atoms with Crippen LogP contribution >= 0.6 is 0 Å². The van der Waals surface area contributed by atoms with Crippen molar-refractivity contribution in [3.63, 3.8) is 0 Å². The van der Waals surface area contributed by atoms with Crippen LogP contribution in [0.15, 0.2) is 0 Å². The predicted molar refractivity (Wildman–Crippen MR) is 37.9 cm³/mol. The number of carbonyl (C=O) groups excluding carboxylic acids is 1. The van der Waals surface area contributed by atoms with Crippen molar-refractivity contribution in [2.75, 3.05) is 33.2 Å². The van der Waals surface area contributed by atoms with Crippen LogP contribution in [-0.4, -0.2) is 44.2 Å². The minimum Gasteiger partial charge on any atom is -0.321 e. The summed E-state index contributed by atoms with van der Waals surface area (Å²) in [6, 6.07) is -0.0958. The highest BCUT2D eigenvalue weighted by molar-refractivity contribution is 5.73. The van der Waals surface area contributed by atoms with Crippen LogP contribution < -0.4 is 10.6 Å². The summed E-state index contributed by atoms with van der Waals surface area (Å²) in [5, 5.41) is 6.73. The fourth-order valence-corrected chi connectivity index (χ4v) is 0.998. The molecule has 0 atom stereocenters. The zero-order chi connectivity index (χ0) is 7.40. The topological polar surface area (TPSA) is 46.4 Å². The molecule has 0 aromatic heterocycles. The second-order valence-electron chi connectivity index (χ2n) is 2.24. The van der Waals surface area contributed by atoms with Crippen LogP contribution in [0.5, 0.6) is 0 Å². The number of amides is 2. The van der Waals surface area contributed by atoms with Gasteiger partial charge in [0.05, 0.1) is 0 Å². The van der Waals surface area contributed by atoms with Crippen molar-refractivity contribution in [1.82, 2.24) is 15.5 Å². The van der Waals surface area contributed by atoms with Crippen molar-refractivity contribution in [2.45, 2.75) is 0 Å². The van der Waals surface area contributed by atoms with Gasteiger partial charge in [-0.05, 0) is 0 Å². The molecule has 10 heavy (non-hydrogen) atoms. The monoisotopic (exact) mass is 142 g/mol. The Hall–Kier alpha value is -0.770. The van der Waals surface area contributed by atoms with Crippen molar-refractivity contribution in [3.8, 4) is 0 Å². The van der Waals surface area contributed by atoms with Crippen molar-refractivity contribution >= 4 is 6.03 Å². The van der Waals surface area contributed by atoms with Crippen molar-refractivity contribution in [3.05, 3.63) is 0 Å². The maximum Gasteiger partial charge on any atom is 0.338 e. The Morgan fingerprint density at radius 1 is 1.50 bits per heavy atom. The van der Waals surface area contributed by atoms with E-state index >= 15 is 0 Å². The molecule has 4 nitrogen and oxygen atoms in total. The van der Waals surface area contributed by atoms with E-state index in [-0.39, 0.29) is 6.03 Å². The van der Waals surface area contributed by atoms with E-state index in [1.54, 1.807) is 4.90 Å². The molecule has 1 rings (SSSR count). The van der Waals surface area contributed by atoms with E-state index in [9.17, 15) is 4.79 Å². The van der Waals surface area contributed by atoms with Gasteiger partial charge in [0.2, 0.25) is 0 Å². The predicted octanol–water partition coefficient (Wildman–Crippen LogP) is -0.754. The van der Waals surface area contributed by atoms with Gasteiger partial charge in [0.25, 0.3) is 0 Å². The second kappa shape index (κ2) is 3.41. The molecule has 1 aliphatic heterocycles. The summed E-state index contributed by atoms with van der Waals surface area (Å²) in [6.45, 7) is 3.36. The first-order valence-electron chi connectivity index (χ1n) is 3.44. The maximum absolute atomic E-state index is 10.9. The Balaban J connectivity index is 2.31. The molecule has 1 saturated heterocycles. The van der Waals surface area contributed by atoms with Crippen LogP contribution in [-0.2, 0) is 0 Å². The van der Waals surface area contributed by atoms with Gasteiger partial charge in [0.15, 0.2) is 0 Å². The van der Waals surface area contributed by atoms with Crippen LogP contribution in [0.25, 0.3) is 0 Å². The third-order valence-corrected chi connectivity index (χ3v) is 1.58. The summed E-state index contributed by atoms with van der Waals surface area (Å²) in [7, 11) is 1.53. The van der Waals surface area contributed by atoms with Gasteiger partial charge >= 0.3 is 6.03 Å². The largest absolute Gasteiger partial charge is 0.338 e. The van der Waals surface area contributed by atoms with Gasteiger partial charge < -0.3 is 10.2 Å². The number of urea groups is 1. The molecule has 1 heterocycles. The van der Waals surface area contributed by atoms with Crippen LogP contribution in [0, 0.1) is 0 Å². The first-order chi connectivity index (χ1) is 4.84. The molecule has 0 unspecified atom stereocenters. The van der Waals surface area contributed by atoms with Gasteiger partial charge in [-0.2, -0.15) is 0 Å². The average molecular weight is 142 g/mol. The number of hydrogen-bond donors (Lipinski definition) is 1. The number of rotatable bonds is 0. The van der Waals surface area contributed by atoms with E-state index in [0.29, 0.717) is 0 Å². The smallest absolute Gasteiger partial charge is 0.321 e. The van der Waals surface area contributed by atoms with Crippen LogP contribution in [0.2, 0.25) is 0 Å². The zero-order valence-electron chi connectivity index (χ0n) is 6.13. The minimum absolute atomic E-state index is 0.0958. The van der Waals surface area contributed by atoms with E-state index in [2.05, 4.69) is 10.6 Å². The lowest BCUT2D eigenvalue weighted by atomic mass is 10.4. The Bertz CT molecular complexity index is 120. The highest BCUT2D eigenvalue weighted by Crippen LogP contribution is 1.91. The molecule has 57 valence electrons. The van der Waals surface area contributed by atoms with Gasteiger partial charge in [-0.25, -0.2) is 10.1 Å². The van der Waals surface area contributed by atoms with E-state index in [1.807, 2.05) is 0 Å². The van der Waals surface area contributed by atoms with Gasteiger partial charge in [0, 0.05) is 33.2 Å². The number of carbonyl (C=O) groups is 1. The zero-order valence-corrected chi connectivity index (χ0v) is 6.13. The summed E-state index contributed by atoms with van der Waals surface area (Å²) >= 11 is 0. The lowest BCUT2D eigenvalue weighted by Gasteiger charge is -2.25. The molecule has 1 radical (unpaired) electrons. The molecule has 2 amide bonds. The van der Waals surface area contributed by atoms with Gasteiger partial charge in [-0.15, -0.1) is 0 Å². The third-order valence-electron chi connectivity index (χ3n) is 1.58. The maximum atomic E-state index is 10.9. The van der Waals surface area contributed by atoms with Crippen LogP contribution in [0.1, 0.15) is 0 Å². The van der Waals surface area contributed by atoms with E-state index in [0.717, 1.165) is 26.2 Å². The first-order valence-corrected chi connectivity index (χ1v) is 3.44. The van der Waals surface area contributed by atoms with Gasteiger partial charge in [-0.3, -0.25) is 0 Å². The van der Waals surface area contributed by atoms with Crippen molar-refractivity contribution in [1.29, 1.82) is 0 Å². The summed E-state index contributed by atoms with van der Waals surface area (Å²) in [4.78, 5) is 12.6. The molecule has 0 bridgehead atoms. The number of nitrogens with one attached hydrogen (secondary N) is 1. The highest BCUT2D eigenvalue weighted by atomic mass is 16.2. The molecule has 1 N–H and O–H groups in total. The Morgan fingerprint density at radius 2 is 2.10 bits per heavy atom. The van der Waals surface area contributed by atoms with Gasteiger partial charge in [-0.1, -0.05) is 0 Å². The molecule has 1 fully saturated rings. The lowest BCUT2D eigenvalue weighted by Crippen LogP contribution is -2.47. The summed E-state index contributed by atoms with van der Waals surface area (Å²) < 4.78 is 0. The summed E-state index contributed by atoms with van der Waals surface area (Å²) in [6.07, 6.45) is 0. The molecular weight excluding hydrogens is 130 g/mol. The molecule has 4 heteroatoms. The van der Waals surface area contributed by atoms with E-state index < -0.39 is 0 Å². The summed E-state index contributed by atoms with van der Waals surface area (Å²) in [5.74, 6) is 0. The second-order valence-corrected chi connectivity index (χ2v) is 2.24. The van der Waals surface area contributed by atoms with Crippen LogP contribution in [0.4, 0.5) is 4.79 Å². The number of hydrogen-bond acceptors (Lipinski definition) is 2. The van der Waals surface area contributed by atoms with Crippen molar-refractivity contribution < 1.29 is 4.79 Å². The van der Waals surface area contributed by atoms with Gasteiger partial charge in [0.1, 0.15) is 0 Å². The molecule has 0 spiro atoms. The Morgan fingerprint density at radius 3 is 2.60 bits per heavy atom. The molecule has 0 aromatic carbocycles. The fraction of sp³-hybridized carbons (Fsp3) is 0.833. The normalized spacial score (nSPS) is 18.7. The lowest BCUT2D eigenvalue weighted by molar-refractivity contribution is 0.191. The SMILES string of the molecule is C[N]C(=O)N1CCNCC1. The minimum atomic E-state index is -0.0958.